The van der Waals surface area contributed by atoms with Crippen LogP contribution in [0.2, 0.25) is 10.0 Å². The molecular formula is C23H19Cl2N3O3S. The van der Waals surface area contributed by atoms with E-state index in [1.807, 2.05) is 18.2 Å². The molecule has 6 nitrogen and oxygen atoms in total. The Morgan fingerprint density at radius 3 is 2.72 bits per heavy atom. The van der Waals surface area contributed by atoms with E-state index in [1.165, 1.54) is 16.3 Å². The molecule has 0 spiro atoms. The van der Waals surface area contributed by atoms with Gasteiger partial charge in [0.1, 0.15) is 5.76 Å². The number of hydrogen-bond acceptors (Lipinski definition) is 5. The van der Waals surface area contributed by atoms with Crippen molar-refractivity contribution in [2.45, 2.75) is 24.5 Å². The summed E-state index contributed by atoms with van der Waals surface area (Å²) < 4.78 is 6.74. The van der Waals surface area contributed by atoms with Crippen molar-refractivity contribution in [2.24, 2.45) is 0 Å². The van der Waals surface area contributed by atoms with Gasteiger partial charge in [0.25, 0.3) is 5.56 Å². The number of para-hydroxylation sites is 1. The van der Waals surface area contributed by atoms with Gasteiger partial charge in [0.15, 0.2) is 5.16 Å². The first-order valence-electron chi connectivity index (χ1n) is 9.92. The van der Waals surface area contributed by atoms with Gasteiger partial charge in [0, 0.05) is 12.2 Å². The third-order valence-corrected chi connectivity index (χ3v) is 6.49. The van der Waals surface area contributed by atoms with Crippen molar-refractivity contribution in [1.29, 1.82) is 0 Å². The second-order valence-electron chi connectivity index (χ2n) is 6.96. The van der Waals surface area contributed by atoms with Crippen LogP contribution in [-0.2, 0) is 11.3 Å². The predicted octanol–water partition coefficient (Wildman–Crippen LogP) is 5.47. The third kappa shape index (κ3) is 5.18. The number of aromatic nitrogens is 2. The van der Waals surface area contributed by atoms with Crippen LogP contribution in [0.4, 0.5) is 0 Å². The van der Waals surface area contributed by atoms with Gasteiger partial charge in [0.05, 0.1) is 39.4 Å². The molecule has 0 unspecified atom stereocenters. The second-order valence-corrected chi connectivity index (χ2v) is 8.84. The summed E-state index contributed by atoms with van der Waals surface area (Å²) in [4.78, 5) is 30.0. The molecule has 164 valence electrons. The highest BCUT2D eigenvalue weighted by molar-refractivity contribution is 7.99. The van der Waals surface area contributed by atoms with Crippen molar-refractivity contribution in [1.82, 2.24) is 14.9 Å². The van der Waals surface area contributed by atoms with Crippen molar-refractivity contribution in [3.8, 4) is 5.69 Å². The number of carbonyl (C=O) groups excluding carboxylic acids is 1. The van der Waals surface area contributed by atoms with E-state index in [9.17, 15) is 9.59 Å². The Morgan fingerprint density at radius 2 is 1.94 bits per heavy atom. The van der Waals surface area contributed by atoms with E-state index in [0.29, 0.717) is 62.7 Å². The smallest absolute Gasteiger partial charge is 0.266 e. The van der Waals surface area contributed by atoms with Crippen LogP contribution in [0, 0.1) is 0 Å². The van der Waals surface area contributed by atoms with Crippen molar-refractivity contribution < 1.29 is 9.21 Å². The molecule has 4 rings (SSSR count). The zero-order valence-corrected chi connectivity index (χ0v) is 19.2. The highest BCUT2D eigenvalue weighted by Gasteiger charge is 2.14. The summed E-state index contributed by atoms with van der Waals surface area (Å²) in [5.41, 5.74) is 1.02. The van der Waals surface area contributed by atoms with Crippen molar-refractivity contribution in [3.63, 3.8) is 0 Å². The number of amides is 1. The van der Waals surface area contributed by atoms with E-state index < -0.39 is 0 Å². The normalized spacial score (nSPS) is 11.1. The lowest BCUT2D eigenvalue weighted by atomic mass is 10.2. The third-order valence-electron chi connectivity index (χ3n) is 4.73. The van der Waals surface area contributed by atoms with Crippen molar-refractivity contribution >= 4 is 51.8 Å². The van der Waals surface area contributed by atoms with Crippen LogP contribution in [-0.4, -0.2) is 21.2 Å². The maximum absolute atomic E-state index is 13.2. The molecule has 9 heteroatoms. The van der Waals surface area contributed by atoms with Gasteiger partial charge in [-0.05, 0) is 48.9 Å². The zero-order chi connectivity index (χ0) is 22.5. The number of hydrogen-bond donors (Lipinski definition) is 1. The SMILES string of the molecule is O=C(CCCSc1nc2ccccc2c(=O)n1-c1ccc(Cl)c(Cl)c1)NCc1ccco1. The maximum Gasteiger partial charge on any atom is 0.266 e. The van der Waals surface area contributed by atoms with Crippen LogP contribution in [0.15, 0.2) is 75.2 Å². The molecule has 0 aliphatic heterocycles. The van der Waals surface area contributed by atoms with Crippen LogP contribution < -0.4 is 10.9 Å². The lowest BCUT2D eigenvalue weighted by Crippen LogP contribution is -2.23. The van der Waals surface area contributed by atoms with Gasteiger partial charge in [0.2, 0.25) is 5.91 Å². The molecule has 32 heavy (non-hydrogen) atoms. The Bertz CT molecular complexity index is 1310. The van der Waals surface area contributed by atoms with E-state index in [2.05, 4.69) is 10.3 Å². The monoisotopic (exact) mass is 487 g/mol. The van der Waals surface area contributed by atoms with E-state index in [0.717, 1.165) is 0 Å². The van der Waals surface area contributed by atoms with Crippen LogP contribution >= 0.6 is 35.0 Å². The molecule has 0 radical (unpaired) electrons. The van der Waals surface area contributed by atoms with Crippen LogP contribution in [0.3, 0.4) is 0 Å². The Hall–Kier alpha value is -2.74. The van der Waals surface area contributed by atoms with Crippen LogP contribution in [0.5, 0.6) is 0 Å². The minimum absolute atomic E-state index is 0.0599. The highest BCUT2D eigenvalue weighted by atomic mass is 35.5. The predicted molar refractivity (Wildman–Crippen MR) is 128 cm³/mol. The molecule has 0 saturated carbocycles. The summed E-state index contributed by atoms with van der Waals surface area (Å²) >= 11 is 13.7. The minimum Gasteiger partial charge on any atom is -0.467 e. The fraction of sp³-hybridized carbons (Fsp3) is 0.174. The molecule has 2 aromatic heterocycles. The first kappa shape index (κ1) is 22.5. The van der Waals surface area contributed by atoms with Crippen LogP contribution in [0.25, 0.3) is 16.6 Å². The average molecular weight is 488 g/mol. The molecule has 2 heterocycles. The first-order chi connectivity index (χ1) is 15.5. The first-order valence-corrected chi connectivity index (χ1v) is 11.7. The topological polar surface area (TPSA) is 77.1 Å². The molecule has 0 saturated heterocycles. The van der Waals surface area contributed by atoms with Gasteiger partial charge in [-0.15, -0.1) is 0 Å². The lowest BCUT2D eigenvalue weighted by molar-refractivity contribution is -0.121. The number of benzene rings is 2. The van der Waals surface area contributed by atoms with Gasteiger partial charge in [-0.2, -0.15) is 0 Å². The number of rotatable bonds is 8. The summed E-state index contributed by atoms with van der Waals surface area (Å²) in [5, 5.41) is 4.63. The molecule has 4 aromatic rings. The number of fused-ring (bicyclic) bond motifs is 1. The Labute approximate surface area is 198 Å². The summed E-state index contributed by atoms with van der Waals surface area (Å²) in [6, 6.07) is 15.8. The highest BCUT2D eigenvalue weighted by Crippen LogP contribution is 2.27. The van der Waals surface area contributed by atoms with Crippen molar-refractivity contribution in [3.05, 3.63) is 87.0 Å². The fourth-order valence-corrected chi connectivity index (χ4v) is 4.39. The minimum atomic E-state index is -0.187. The molecule has 2 aromatic carbocycles. The Kier molecular flexibility index (Phi) is 7.19. The summed E-state index contributed by atoms with van der Waals surface area (Å²) in [6.45, 7) is 0.363. The van der Waals surface area contributed by atoms with E-state index in [1.54, 1.807) is 42.7 Å². The summed E-state index contributed by atoms with van der Waals surface area (Å²) in [5.74, 6) is 1.26. The number of thioether (sulfide) groups is 1. The lowest BCUT2D eigenvalue weighted by Gasteiger charge is -2.14. The molecule has 0 fully saturated rings. The van der Waals surface area contributed by atoms with Gasteiger partial charge in [-0.3, -0.25) is 14.2 Å². The Balaban J connectivity index is 1.50. The number of carbonyl (C=O) groups is 1. The molecule has 1 amide bonds. The number of nitrogens with zero attached hydrogens (tertiary/aromatic N) is 2. The number of furan rings is 1. The average Bonchev–Trinajstić information content (AvgIpc) is 3.31. The van der Waals surface area contributed by atoms with Gasteiger partial charge in [-0.1, -0.05) is 47.1 Å². The van der Waals surface area contributed by atoms with E-state index in [4.69, 9.17) is 27.6 Å². The van der Waals surface area contributed by atoms with E-state index in [-0.39, 0.29) is 11.5 Å². The van der Waals surface area contributed by atoms with Crippen molar-refractivity contribution in [2.75, 3.05) is 5.75 Å². The Morgan fingerprint density at radius 1 is 1.09 bits per heavy atom. The second kappa shape index (κ2) is 10.3. The summed E-state index contributed by atoms with van der Waals surface area (Å²) in [7, 11) is 0. The molecular weight excluding hydrogens is 469 g/mol. The maximum atomic E-state index is 13.2. The van der Waals surface area contributed by atoms with E-state index >= 15 is 0 Å². The van der Waals surface area contributed by atoms with Crippen LogP contribution in [0.1, 0.15) is 18.6 Å². The standard InChI is InChI=1S/C23H19Cl2N3O3S/c24-18-10-9-15(13-19(18)25)28-22(30)17-6-1-2-7-20(17)27-23(28)32-12-4-8-21(29)26-14-16-5-3-11-31-16/h1-3,5-7,9-11,13H,4,8,12,14H2,(H,26,29). The molecule has 1 N–H and O–H groups in total. The number of halogens is 2. The fourth-order valence-electron chi connectivity index (χ4n) is 3.14. The molecule has 0 aliphatic rings. The largest absolute Gasteiger partial charge is 0.467 e. The molecule has 0 aliphatic carbocycles. The number of nitrogens with one attached hydrogen (secondary N) is 1. The van der Waals surface area contributed by atoms with Gasteiger partial charge >= 0.3 is 0 Å². The zero-order valence-electron chi connectivity index (χ0n) is 16.9. The molecule has 0 bridgehead atoms. The summed E-state index contributed by atoms with van der Waals surface area (Å²) in [6.07, 6.45) is 2.55. The molecule has 0 atom stereocenters. The quantitative estimate of drug-likeness (QED) is 0.202. The van der Waals surface area contributed by atoms with Gasteiger partial charge in [-0.25, -0.2) is 4.98 Å². The van der Waals surface area contributed by atoms with Gasteiger partial charge < -0.3 is 9.73 Å².